The van der Waals surface area contributed by atoms with Gasteiger partial charge in [0.25, 0.3) is 5.91 Å². The highest BCUT2D eigenvalue weighted by Gasteiger charge is 2.36. The Morgan fingerprint density at radius 2 is 2.07 bits per heavy atom. The van der Waals surface area contributed by atoms with Crippen LogP contribution in [0.2, 0.25) is 0 Å². The quantitative estimate of drug-likeness (QED) is 0.736. The Balaban J connectivity index is 1.58. The molecule has 2 heterocycles. The van der Waals surface area contributed by atoms with Crippen LogP contribution in [0.15, 0.2) is 54.7 Å². The fourth-order valence-electron chi connectivity index (χ4n) is 3.48. The fraction of sp³-hybridized carbons (Fsp3) is 0.238. The average molecular weight is 393 g/mol. The molecule has 4 rings (SSSR count). The number of hydrogen-bond acceptors (Lipinski definition) is 4. The predicted octanol–water partition coefficient (Wildman–Crippen LogP) is 2.09. The standard InChI is InChI=1S/C21H20FN5O2/c1-14-5-2-3-6-16(14)12-26-13-18(24-25-26)21(29)27-10-9-23-20(28)19(27)15-7-4-8-17(22)11-15/h2-8,11,13,19H,9-10,12H2,1H3,(H,23,28)/t19-/m1/s1. The van der Waals surface area contributed by atoms with Crippen LogP contribution < -0.4 is 5.32 Å². The highest BCUT2D eigenvalue weighted by molar-refractivity contribution is 5.97. The van der Waals surface area contributed by atoms with E-state index in [2.05, 4.69) is 15.6 Å². The minimum atomic E-state index is -0.909. The van der Waals surface area contributed by atoms with E-state index >= 15 is 0 Å². The van der Waals surface area contributed by atoms with Gasteiger partial charge in [-0.25, -0.2) is 9.07 Å². The van der Waals surface area contributed by atoms with Crippen molar-refractivity contribution in [1.29, 1.82) is 0 Å². The molecule has 8 heteroatoms. The van der Waals surface area contributed by atoms with Gasteiger partial charge in [-0.1, -0.05) is 41.6 Å². The lowest BCUT2D eigenvalue weighted by atomic mass is 10.0. The van der Waals surface area contributed by atoms with Crippen LogP contribution >= 0.6 is 0 Å². The van der Waals surface area contributed by atoms with E-state index in [-0.39, 0.29) is 11.6 Å². The third kappa shape index (κ3) is 3.87. The van der Waals surface area contributed by atoms with Gasteiger partial charge in [0, 0.05) is 13.1 Å². The molecular weight excluding hydrogens is 373 g/mol. The lowest BCUT2D eigenvalue weighted by Gasteiger charge is -2.34. The van der Waals surface area contributed by atoms with E-state index in [9.17, 15) is 14.0 Å². The second kappa shape index (κ2) is 7.83. The number of benzene rings is 2. The molecular formula is C21H20FN5O2. The normalized spacial score (nSPS) is 16.6. The Kier molecular flexibility index (Phi) is 5.07. The number of nitrogens with zero attached hydrogens (tertiary/aromatic N) is 4. The van der Waals surface area contributed by atoms with Crippen molar-refractivity contribution in [3.05, 3.63) is 82.9 Å². The number of carbonyl (C=O) groups excluding carboxylic acids is 2. The lowest BCUT2D eigenvalue weighted by molar-refractivity contribution is -0.128. The fourth-order valence-corrected chi connectivity index (χ4v) is 3.48. The molecule has 1 aromatic heterocycles. The minimum Gasteiger partial charge on any atom is -0.352 e. The number of amides is 2. The molecule has 1 aliphatic rings. The lowest BCUT2D eigenvalue weighted by Crippen LogP contribution is -2.52. The van der Waals surface area contributed by atoms with Crippen LogP contribution in [0.1, 0.15) is 33.2 Å². The summed E-state index contributed by atoms with van der Waals surface area (Å²) in [7, 11) is 0. The molecule has 1 atom stereocenters. The number of carbonyl (C=O) groups is 2. The molecule has 2 amide bonds. The number of nitrogens with one attached hydrogen (secondary N) is 1. The van der Waals surface area contributed by atoms with E-state index in [1.807, 2.05) is 31.2 Å². The molecule has 7 nitrogen and oxygen atoms in total. The first-order valence-corrected chi connectivity index (χ1v) is 9.32. The summed E-state index contributed by atoms with van der Waals surface area (Å²) in [5, 5.41) is 10.8. The highest BCUT2D eigenvalue weighted by Crippen LogP contribution is 2.25. The Hall–Kier alpha value is -3.55. The molecule has 0 radical (unpaired) electrons. The Bertz CT molecular complexity index is 1060. The predicted molar refractivity (Wildman–Crippen MR) is 103 cm³/mol. The summed E-state index contributed by atoms with van der Waals surface area (Å²) in [6, 6.07) is 12.7. The summed E-state index contributed by atoms with van der Waals surface area (Å²) in [5.41, 5.74) is 2.76. The zero-order chi connectivity index (χ0) is 20.4. The molecule has 2 aromatic carbocycles. The van der Waals surface area contributed by atoms with Crippen molar-refractivity contribution in [2.24, 2.45) is 0 Å². The first-order chi connectivity index (χ1) is 14.0. The van der Waals surface area contributed by atoms with Crippen molar-refractivity contribution < 1.29 is 14.0 Å². The van der Waals surface area contributed by atoms with Crippen LogP contribution in [0, 0.1) is 12.7 Å². The van der Waals surface area contributed by atoms with Gasteiger partial charge in [0.15, 0.2) is 5.69 Å². The molecule has 1 aliphatic heterocycles. The van der Waals surface area contributed by atoms with Gasteiger partial charge in [0.05, 0.1) is 12.7 Å². The van der Waals surface area contributed by atoms with Crippen molar-refractivity contribution >= 4 is 11.8 Å². The van der Waals surface area contributed by atoms with Gasteiger partial charge < -0.3 is 10.2 Å². The van der Waals surface area contributed by atoms with Crippen LogP contribution in [0.5, 0.6) is 0 Å². The van der Waals surface area contributed by atoms with E-state index in [0.717, 1.165) is 11.1 Å². The third-order valence-corrected chi connectivity index (χ3v) is 4.99. The van der Waals surface area contributed by atoms with Gasteiger partial charge in [-0.15, -0.1) is 5.10 Å². The summed E-state index contributed by atoms with van der Waals surface area (Å²) >= 11 is 0. The van der Waals surface area contributed by atoms with Crippen molar-refractivity contribution in [2.75, 3.05) is 13.1 Å². The number of piperazine rings is 1. The zero-order valence-corrected chi connectivity index (χ0v) is 15.9. The Labute approximate surface area is 167 Å². The number of halogens is 1. The average Bonchev–Trinajstić information content (AvgIpc) is 3.17. The molecule has 3 aromatic rings. The second-order valence-corrected chi connectivity index (χ2v) is 6.97. The van der Waals surface area contributed by atoms with Gasteiger partial charge in [-0.3, -0.25) is 9.59 Å². The summed E-state index contributed by atoms with van der Waals surface area (Å²) < 4.78 is 15.3. The molecule has 0 spiro atoms. The summed E-state index contributed by atoms with van der Waals surface area (Å²) in [5.74, 6) is -1.22. The van der Waals surface area contributed by atoms with Crippen LogP contribution in [0.25, 0.3) is 0 Å². The minimum absolute atomic E-state index is 0.148. The maximum absolute atomic E-state index is 13.7. The SMILES string of the molecule is Cc1ccccc1Cn1cc(C(=O)N2CCNC(=O)[C@H]2c2cccc(F)c2)nn1. The molecule has 0 saturated carbocycles. The second-order valence-electron chi connectivity index (χ2n) is 6.97. The van der Waals surface area contributed by atoms with Crippen molar-refractivity contribution in [1.82, 2.24) is 25.2 Å². The molecule has 0 unspecified atom stereocenters. The molecule has 29 heavy (non-hydrogen) atoms. The number of rotatable bonds is 4. The van der Waals surface area contributed by atoms with Crippen LogP contribution in [0.4, 0.5) is 4.39 Å². The summed E-state index contributed by atoms with van der Waals surface area (Å²) in [6.45, 7) is 3.12. The Morgan fingerprint density at radius 1 is 1.24 bits per heavy atom. The van der Waals surface area contributed by atoms with Crippen LogP contribution in [0.3, 0.4) is 0 Å². The van der Waals surface area contributed by atoms with E-state index < -0.39 is 17.8 Å². The van der Waals surface area contributed by atoms with E-state index in [4.69, 9.17) is 0 Å². The van der Waals surface area contributed by atoms with Crippen LogP contribution in [-0.2, 0) is 11.3 Å². The molecule has 0 bridgehead atoms. The number of hydrogen-bond donors (Lipinski definition) is 1. The van der Waals surface area contributed by atoms with Gasteiger partial charge >= 0.3 is 0 Å². The van der Waals surface area contributed by atoms with Crippen molar-refractivity contribution in [3.63, 3.8) is 0 Å². The molecule has 1 fully saturated rings. The largest absolute Gasteiger partial charge is 0.352 e. The molecule has 0 aliphatic carbocycles. The van der Waals surface area contributed by atoms with Gasteiger partial charge in [0.1, 0.15) is 11.9 Å². The van der Waals surface area contributed by atoms with Gasteiger partial charge in [0.2, 0.25) is 5.91 Å². The summed E-state index contributed by atoms with van der Waals surface area (Å²) in [4.78, 5) is 27.0. The Morgan fingerprint density at radius 3 is 2.86 bits per heavy atom. The number of aromatic nitrogens is 3. The molecule has 148 valence electrons. The van der Waals surface area contributed by atoms with Crippen LogP contribution in [-0.4, -0.2) is 44.8 Å². The highest BCUT2D eigenvalue weighted by atomic mass is 19.1. The first-order valence-electron chi connectivity index (χ1n) is 9.32. The van der Waals surface area contributed by atoms with Crippen molar-refractivity contribution in [2.45, 2.75) is 19.5 Å². The topological polar surface area (TPSA) is 80.1 Å². The van der Waals surface area contributed by atoms with E-state index in [1.165, 1.54) is 23.1 Å². The first kappa shape index (κ1) is 18.8. The number of aryl methyl sites for hydroxylation is 1. The van der Waals surface area contributed by atoms with Gasteiger partial charge in [-0.05, 0) is 35.7 Å². The van der Waals surface area contributed by atoms with E-state index in [1.54, 1.807) is 16.9 Å². The maximum Gasteiger partial charge on any atom is 0.277 e. The smallest absolute Gasteiger partial charge is 0.277 e. The third-order valence-electron chi connectivity index (χ3n) is 4.99. The zero-order valence-electron chi connectivity index (χ0n) is 15.9. The maximum atomic E-state index is 13.7. The van der Waals surface area contributed by atoms with Crippen molar-refractivity contribution in [3.8, 4) is 0 Å². The monoisotopic (exact) mass is 393 g/mol. The van der Waals surface area contributed by atoms with E-state index in [0.29, 0.717) is 25.2 Å². The van der Waals surface area contributed by atoms with Gasteiger partial charge in [-0.2, -0.15) is 0 Å². The summed E-state index contributed by atoms with van der Waals surface area (Å²) in [6.07, 6.45) is 1.57. The molecule has 1 N–H and O–H groups in total. The molecule has 1 saturated heterocycles.